The van der Waals surface area contributed by atoms with Crippen LogP contribution in [-0.4, -0.2) is 38.6 Å². The van der Waals surface area contributed by atoms with Crippen molar-refractivity contribution < 1.29 is 13.9 Å². The fraction of sp³-hybridized carbons (Fsp3) is 0.375. The molecule has 1 saturated carbocycles. The van der Waals surface area contributed by atoms with E-state index in [4.69, 9.17) is 15.5 Å². The molecule has 0 saturated heterocycles. The van der Waals surface area contributed by atoms with Gasteiger partial charge in [0, 0.05) is 12.1 Å². The lowest BCUT2D eigenvalue weighted by molar-refractivity contribution is 0.0996. The quantitative estimate of drug-likeness (QED) is 0.549. The van der Waals surface area contributed by atoms with Crippen molar-refractivity contribution in [2.24, 2.45) is 5.73 Å². The van der Waals surface area contributed by atoms with Crippen LogP contribution in [0.4, 0.5) is 21.8 Å². The molecule has 5 rings (SSSR count). The summed E-state index contributed by atoms with van der Waals surface area (Å²) in [6, 6.07) is 4.82. The summed E-state index contributed by atoms with van der Waals surface area (Å²) < 4.78 is 21.7. The molecule has 1 unspecified atom stereocenters. The second-order valence-corrected chi connectivity index (χ2v) is 8.65. The van der Waals surface area contributed by atoms with Crippen LogP contribution >= 0.6 is 0 Å². The average Bonchev–Trinajstić information content (AvgIpc) is 3.53. The Morgan fingerprint density at radius 2 is 2.11 bits per heavy atom. The number of hydrogen-bond acceptors (Lipinski definition) is 8. The number of hydrogen-bond donors (Lipinski definition) is 2. The van der Waals surface area contributed by atoms with E-state index in [0.717, 1.165) is 55.4 Å². The van der Waals surface area contributed by atoms with Crippen molar-refractivity contribution in [2.45, 2.75) is 51.1 Å². The van der Waals surface area contributed by atoms with Gasteiger partial charge >= 0.3 is 0 Å². The highest BCUT2D eigenvalue weighted by atomic mass is 19.1. The molecule has 0 spiro atoms. The third kappa shape index (κ3) is 3.71. The predicted octanol–water partition coefficient (Wildman–Crippen LogP) is 3.74. The summed E-state index contributed by atoms with van der Waals surface area (Å²) >= 11 is 0. The Balaban J connectivity index is 1.61. The monoisotopic (exact) mass is 476 g/mol. The number of aromatic nitrogens is 4. The minimum atomic E-state index is -0.886. The van der Waals surface area contributed by atoms with Crippen LogP contribution in [0.25, 0.3) is 5.69 Å². The lowest BCUT2D eigenvalue weighted by atomic mass is 10.0. The zero-order valence-corrected chi connectivity index (χ0v) is 19.5. The first-order valence-corrected chi connectivity index (χ1v) is 11.5. The number of amides is 1. The highest BCUT2D eigenvalue weighted by Crippen LogP contribution is 2.44. The van der Waals surface area contributed by atoms with E-state index in [0.29, 0.717) is 5.69 Å². The molecule has 1 amide bonds. The summed E-state index contributed by atoms with van der Waals surface area (Å²) in [4.78, 5) is 27.4. The number of methoxy groups -OCH3 is 1. The number of nitrogens with zero attached hydrogens (tertiary/aromatic N) is 6. The molecule has 0 bridgehead atoms. The number of halogens is 1. The van der Waals surface area contributed by atoms with E-state index in [-0.39, 0.29) is 35.0 Å². The lowest BCUT2D eigenvalue weighted by Gasteiger charge is -2.41. The molecule has 10 nitrogen and oxygen atoms in total. The Bertz CT molecular complexity index is 1340. The highest BCUT2D eigenvalue weighted by molar-refractivity contribution is 5.94. The van der Waals surface area contributed by atoms with Gasteiger partial charge < -0.3 is 20.7 Å². The predicted molar refractivity (Wildman–Crippen MR) is 126 cm³/mol. The molecule has 180 valence electrons. The number of primary amides is 1. The molecular formula is C24H25FN8O2. The van der Waals surface area contributed by atoms with Crippen molar-refractivity contribution in [3.05, 3.63) is 47.4 Å². The summed E-state index contributed by atoms with van der Waals surface area (Å²) in [6.07, 6.45) is 8.42. The molecular weight excluding hydrogens is 451 g/mol. The van der Waals surface area contributed by atoms with Crippen LogP contribution in [-0.2, 0) is 0 Å². The van der Waals surface area contributed by atoms with Crippen molar-refractivity contribution in [3.8, 4) is 17.5 Å². The van der Waals surface area contributed by atoms with E-state index < -0.39 is 11.7 Å². The van der Waals surface area contributed by atoms with Gasteiger partial charge in [0.15, 0.2) is 11.5 Å². The van der Waals surface area contributed by atoms with Gasteiger partial charge in [0.2, 0.25) is 5.95 Å². The molecule has 1 atom stereocenters. The number of benzene rings is 1. The maximum atomic E-state index is 14.5. The minimum Gasteiger partial charge on any atom is -0.495 e. The van der Waals surface area contributed by atoms with Crippen LogP contribution in [0.2, 0.25) is 0 Å². The Hall–Kier alpha value is -4.20. The number of rotatable bonds is 6. The third-order valence-electron chi connectivity index (χ3n) is 6.72. The van der Waals surface area contributed by atoms with Gasteiger partial charge in [0.1, 0.15) is 29.7 Å². The summed E-state index contributed by atoms with van der Waals surface area (Å²) in [5.41, 5.74) is 7.25. The topological polar surface area (TPSA) is 135 Å². The second-order valence-electron chi connectivity index (χ2n) is 8.65. The Labute approximate surface area is 201 Å². The first-order valence-electron chi connectivity index (χ1n) is 11.5. The molecule has 3 N–H and O–H groups in total. The summed E-state index contributed by atoms with van der Waals surface area (Å²) in [5.74, 6) is -0.456. The fourth-order valence-electron chi connectivity index (χ4n) is 5.15. The van der Waals surface area contributed by atoms with Gasteiger partial charge in [0.05, 0.1) is 36.3 Å². The first-order chi connectivity index (χ1) is 17.0. The van der Waals surface area contributed by atoms with Crippen molar-refractivity contribution >= 4 is 23.4 Å². The number of nitriles is 1. The highest BCUT2D eigenvalue weighted by Gasteiger charge is 2.39. The standard InChI is InChI=1S/C24H25FN8O2/c1-3-18-21-17(10-26)29-12-32(21)19-11-28-24(31-23(19)33(18)13-6-4-5-7-13)30-16-9-15(25)14(22(27)34)8-20(16)35-2/h8-9,11-13,18H,3-7H2,1-2H3,(H2,27,34)(H,28,30,31). The van der Waals surface area contributed by atoms with Gasteiger partial charge in [-0.2, -0.15) is 10.2 Å². The third-order valence-corrected chi connectivity index (χ3v) is 6.72. The van der Waals surface area contributed by atoms with Crippen molar-refractivity contribution in [3.63, 3.8) is 0 Å². The van der Waals surface area contributed by atoms with Crippen LogP contribution in [0.1, 0.15) is 66.8 Å². The van der Waals surface area contributed by atoms with Gasteiger partial charge in [-0.1, -0.05) is 19.8 Å². The smallest absolute Gasteiger partial charge is 0.251 e. The van der Waals surface area contributed by atoms with Gasteiger partial charge in [-0.3, -0.25) is 9.36 Å². The zero-order chi connectivity index (χ0) is 24.7. The van der Waals surface area contributed by atoms with Crippen LogP contribution in [0.15, 0.2) is 24.7 Å². The number of nitrogens with one attached hydrogen (secondary N) is 1. The zero-order valence-electron chi connectivity index (χ0n) is 19.5. The van der Waals surface area contributed by atoms with Crippen LogP contribution in [0.3, 0.4) is 0 Å². The number of imidazole rings is 1. The van der Waals surface area contributed by atoms with Crippen molar-refractivity contribution in [2.75, 3.05) is 17.3 Å². The second kappa shape index (κ2) is 8.87. The molecule has 3 heterocycles. The first kappa shape index (κ1) is 22.6. The molecule has 1 aliphatic carbocycles. The Kier molecular flexibility index (Phi) is 5.72. The number of anilines is 3. The molecule has 1 aliphatic heterocycles. The summed E-state index contributed by atoms with van der Waals surface area (Å²) in [7, 11) is 1.41. The minimum absolute atomic E-state index is 0.0627. The normalized spacial score (nSPS) is 17.0. The molecule has 3 aromatic rings. The van der Waals surface area contributed by atoms with E-state index in [2.05, 4.69) is 33.2 Å². The molecule has 1 fully saturated rings. The largest absolute Gasteiger partial charge is 0.495 e. The number of fused-ring (bicyclic) bond motifs is 3. The maximum absolute atomic E-state index is 14.5. The average molecular weight is 477 g/mol. The molecule has 11 heteroatoms. The summed E-state index contributed by atoms with van der Waals surface area (Å²) in [5, 5.41) is 12.7. The number of carbonyl (C=O) groups is 1. The number of carbonyl (C=O) groups excluding carboxylic acids is 1. The molecule has 1 aromatic carbocycles. The Morgan fingerprint density at radius 1 is 1.34 bits per heavy atom. The van der Waals surface area contributed by atoms with E-state index in [1.165, 1.54) is 13.2 Å². The van der Waals surface area contributed by atoms with Crippen molar-refractivity contribution in [1.29, 1.82) is 5.26 Å². The van der Waals surface area contributed by atoms with Gasteiger partial charge in [-0.15, -0.1) is 0 Å². The van der Waals surface area contributed by atoms with E-state index in [1.807, 2.05) is 4.57 Å². The van der Waals surface area contributed by atoms with Gasteiger partial charge in [-0.05, 0) is 25.3 Å². The van der Waals surface area contributed by atoms with Crippen LogP contribution < -0.4 is 20.7 Å². The molecule has 2 aromatic heterocycles. The number of ether oxygens (including phenoxy) is 1. The van der Waals surface area contributed by atoms with E-state index in [9.17, 15) is 14.4 Å². The summed E-state index contributed by atoms with van der Waals surface area (Å²) in [6.45, 7) is 2.09. The van der Waals surface area contributed by atoms with Gasteiger partial charge in [-0.25, -0.2) is 14.4 Å². The maximum Gasteiger partial charge on any atom is 0.251 e. The molecule has 2 aliphatic rings. The van der Waals surface area contributed by atoms with Gasteiger partial charge in [0.25, 0.3) is 5.91 Å². The van der Waals surface area contributed by atoms with Crippen LogP contribution in [0.5, 0.6) is 5.75 Å². The fourth-order valence-corrected chi connectivity index (χ4v) is 5.15. The Morgan fingerprint density at radius 3 is 2.77 bits per heavy atom. The van der Waals surface area contributed by atoms with E-state index >= 15 is 0 Å². The molecule has 35 heavy (non-hydrogen) atoms. The SMILES string of the molecule is CCC1c2c(C#N)ncn2-c2cnc(Nc3cc(F)c(C(N)=O)cc3OC)nc2N1C1CCCC1. The van der Waals surface area contributed by atoms with Crippen LogP contribution in [0, 0.1) is 17.1 Å². The lowest BCUT2D eigenvalue weighted by Crippen LogP contribution is -2.42. The van der Waals surface area contributed by atoms with Crippen molar-refractivity contribution in [1.82, 2.24) is 19.5 Å². The molecule has 0 radical (unpaired) electrons. The van der Waals surface area contributed by atoms with E-state index in [1.54, 1.807) is 12.5 Å². The number of nitrogens with two attached hydrogens (primary N) is 1.